The molecule has 2 aromatic carbocycles. The zero-order valence-electron chi connectivity index (χ0n) is 16.1. The highest BCUT2D eigenvalue weighted by molar-refractivity contribution is 7.99. The van der Waals surface area contributed by atoms with Crippen LogP contribution in [0.15, 0.2) is 47.5 Å². The molecule has 0 saturated heterocycles. The Balaban J connectivity index is 1.56. The summed E-state index contributed by atoms with van der Waals surface area (Å²) in [5.41, 5.74) is 7.07. The summed E-state index contributed by atoms with van der Waals surface area (Å²) >= 11 is 1.54. The molecule has 2 heterocycles. The Kier molecular flexibility index (Phi) is 4.92. The molecular weight excluding hydrogens is 352 g/mol. The molecule has 0 atom stereocenters. The molecule has 4 heteroatoms. The van der Waals surface area contributed by atoms with Crippen molar-refractivity contribution in [3.8, 4) is 0 Å². The normalized spacial score (nSPS) is 13.7. The van der Waals surface area contributed by atoms with Crippen LogP contribution in [0.2, 0.25) is 0 Å². The number of fused-ring (bicyclic) bond motifs is 2. The Labute approximate surface area is 164 Å². The number of aryl methyl sites for hydroxylation is 4. The number of amides is 1. The summed E-state index contributed by atoms with van der Waals surface area (Å²) in [4.78, 5) is 19.7. The van der Waals surface area contributed by atoms with Crippen LogP contribution in [0.3, 0.4) is 0 Å². The molecular formula is C23H24N2OS. The lowest BCUT2D eigenvalue weighted by molar-refractivity contribution is -0.116. The summed E-state index contributed by atoms with van der Waals surface area (Å²) in [5, 5.41) is 2.12. The minimum atomic E-state index is 0.160. The van der Waals surface area contributed by atoms with Crippen LogP contribution in [-0.2, 0) is 11.2 Å². The highest BCUT2D eigenvalue weighted by Crippen LogP contribution is 2.30. The van der Waals surface area contributed by atoms with Gasteiger partial charge in [-0.3, -0.25) is 4.79 Å². The number of aromatic nitrogens is 1. The quantitative estimate of drug-likeness (QED) is 0.587. The SMILES string of the molecule is Cc1ccc2c(C)cc(SCC(=O)N3CCCc4ccccc43)nc2c1C. The molecule has 1 aliphatic heterocycles. The van der Waals surface area contributed by atoms with Crippen LogP contribution in [0.1, 0.15) is 28.7 Å². The third kappa shape index (κ3) is 3.46. The molecule has 0 aliphatic carbocycles. The summed E-state index contributed by atoms with van der Waals surface area (Å²) in [6, 6.07) is 14.6. The van der Waals surface area contributed by atoms with Crippen molar-refractivity contribution in [3.05, 3.63) is 64.7 Å². The van der Waals surface area contributed by atoms with Crippen molar-refractivity contribution in [3.63, 3.8) is 0 Å². The maximum Gasteiger partial charge on any atom is 0.237 e. The van der Waals surface area contributed by atoms with Crippen molar-refractivity contribution in [2.24, 2.45) is 0 Å². The van der Waals surface area contributed by atoms with E-state index in [0.29, 0.717) is 5.75 Å². The number of thioether (sulfide) groups is 1. The van der Waals surface area contributed by atoms with Gasteiger partial charge < -0.3 is 4.90 Å². The lowest BCUT2D eigenvalue weighted by atomic mass is 10.0. The minimum absolute atomic E-state index is 0.160. The van der Waals surface area contributed by atoms with E-state index in [1.54, 1.807) is 0 Å². The van der Waals surface area contributed by atoms with Crippen molar-refractivity contribution < 1.29 is 4.79 Å². The van der Waals surface area contributed by atoms with E-state index < -0.39 is 0 Å². The molecule has 3 aromatic rings. The van der Waals surface area contributed by atoms with Gasteiger partial charge in [-0.05, 0) is 68.0 Å². The highest BCUT2D eigenvalue weighted by Gasteiger charge is 2.22. The van der Waals surface area contributed by atoms with Crippen molar-refractivity contribution in [1.29, 1.82) is 0 Å². The summed E-state index contributed by atoms with van der Waals surface area (Å²) in [6.07, 6.45) is 2.08. The molecule has 0 bridgehead atoms. The van der Waals surface area contributed by atoms with Crippen molar-refractivity contribution >= 4 is 34.3 Å². The van der Waals surface area contributed by atoms with Crippen LogP contribution in [0.4, 0.5) is 5.69 Å². The molecule has 27 heavy (non-hydrogen) atoms. The van der Waals surface area contributed by atoms with Gasteiger partial charge in [-0.1, -0.05) is 42.1 Å². The molecule has 1 aliphatic rings. The van der Waals surface area contributed by atoms with Crippen LogP contribution in [0.25, 0.3) is 10.9 Å². The van der Waals surface area contributed by atoms with Gasteiger partial charge in [0.2, 0.25) is 5.91 Å². The van der Waals surface area contributed by atoms with E-state index in [9.17, 15) is 4.79 Å². The van der Waals surface area contributed by atoms with Gasteiger partial charge in [-0.2, -0.15) is 0 Å². The molecule has 0 N–H and O–H groups in total. The van der Waals surface area contributed by atoms with Gasteiger partial charge in [-0.15, -0.1) is 0 Å². The molecule has 0 unspecified atom stereocenters. The number of hydrogen-bond donors (Lipinski definition) is 0. The second-order valence-electron chi connectivity index (χ2n) is 7.25. The number of rotatable bonds is 3. The number of anilines is 1. The monoisotopic (exact) mass is 376 g/mol. The van der Waals surface area contributed by atoms with Crippen molar-refractivity contribution in [2.45, 2.75) is 38.6 Å². The van der Waals surface area contributed by atoms with E-state index in [1.165, 1.54) is 39.4 Å². The van der Waals surface area contributed by atoms with Gasteiger partial charge in [-0.25, -0.2) is 4.98 Å². The Morgan fingerprint density at radius 1 is 1.11 bits per heavy atom. The van der Waals surface area contributed by atoms with E-state index in [4.69, 9.17) is 4.98 Å². The number of benzene rings is 2. The topological polar surface area (TPSA) is 33.2 Å². The summed E-state index contributed by atoms with van der Waals surface area (Å²) < 4.78 is 0. The predicted molar refractivity (Wildman–Crippen MR) is 114 cm³/mol. The number of carbonyl (C=O) groups is 1. The number of carbonyl (C=O) groups excluding carboxylic acids is 1. The fourth-order valence-corrected chi connectivity index (χ4v) is 4.59. The number of hydrogen-bond acceptors (Lipinski definition) is 3. The summed E-state index contributed by atoms with van der Waals surface area (Å²) in [7, 11) is 0. The van der Waals surface area contributed by atoms with Crippen LogP contribution in [0, 0.1) is 20.8 Å². The molecule has 0 radical (unpaired) electrons. The van der Waals surface area contributed by atoms with Crippen molar-refractivity contribution in [1.82, 2.24) is 4.98 Å². The third-order valence-corrected chi connectivity index (χ3v) is 6.34. The van der Waals surface area contributed by atoms with Gasteiger partial charge in [0.25, 0.3) is 0 Å². The minimum Gasteiger partial charge on any atom is -0.311 e. The largest absolute Gasteiger partial charge is 0.311 e. The van der Waals surface area contributed by atoms with Crippen LogP contribution in [0.5, 0.6) is 0 Å². The Morgan fingerprint density at radius 2 is 1.93 bits per heavy atom. The van der Waals surface area contributed by atoms with E-state index in [2.05, 4.69) is 51.1 Å². The lowest BCUT2D eigenvalue weighted by Gasteiger charge is -2.29. The van der Waals surface area contributed by atoms with Crippen LogP contribution >= 0.6 is 11.8 Å². The smallest absolute Gasteiger partial charge is 0.237 e. The summed E-state index contributed by atoms with van der Waals surface area (Å²) in [5.74, 6) is 0.574. The van der Waals surface area contributed by atoms with E-state index >= 15 is 0 Å². The van der Waals surface area contributed by atoms with Gasteiger partial charge in [0.15, 0.2) is 0 Å². The molecule has 0 spiro atoms. The first kappa shape index (κ1) is 18.1. The predicted octanol–water partition coefficient (Wildman–Crippen LogP) is 5.23. The van der Waals surface area contributed by atoms with Crippen LogP contribution < -0.4 is 4.90 Å². The first-order valence-electron chi connectivity index (χ1n) is 9.43. The maximum atomic E-state index is 12.9. The summed E-state index contributed by atoms with van der Waals surface area (Å²) in [6.45, 7) is 7.15. The van der Waals surface area contributed by atoms with E-state index in [-0.39, 0.29) is 5.91 Å². The third-order valence-electron chi connectivity index (χ3n) is 5.44. The Bertz CT molecular complexity index is 1030. The molecule has 138 valence electrons. The molecule has 0 saturated carbocycles. The number of pyridine rings is 1. The highest BCUT2D eigenvalue weighted by atomic mass is 32.2. The molecule has 4 rings (SSSR count). The maximum absolute atomic E-state index is 12.9. The zero-order valence-corrected chi connectivity index (χ0v) is 16.9. The lowest BCUT2D eigenvalue weighted by Crippen LogP contribution is -2.36. The van der Waals surface area contributed by atoms with Crippen molar-refractivity contribution in [2.75, 3.05) is 17.2 Å². The first-order valence-corrected chi connectivity index (χ1v) is 10.4. The average Bonchev–Trinajstić information content (AvgIpc) is 2.68. The number of para-hydroxylation sites is 1. The fraction of sp³-hybridized carbons (Fsp3) is 0.304. The van der Waals surface area contributed by atoms with Crippen LogP contribution in [-0.4, -0.2) is 23.2 Å². The standard InChI is InChI=1S/C23H24N2OS/c1-15-10-11-19-16(2)13-21(24-23(19)17(15)3)27-14-22(26)25-12-6-8-18-7-4-5-9-20(18)25/h4-5,7,9-11,13H,6,8,12,14H2,1-3H3. The molecule has 3 nitrogen and oxygen atoms in total. The second kappa shape index (κ2) is 7.35. The van der Waals surface area contributed by atoms with Gasteiger partial charge in [0, 0.05) is 17.6 Å². The Hall–Kier alpha value is -2.33. The Morgan fingerprint density at radius 3 is 2.78 bits per heavy atom. The second-order valence-corrected chi connectivity index (χ2v) is 8.24. The van der Waals surface area contributed by atoms with Gasteiger partial charge in [0.05, 0.1) is 16.3 Å². The van der Waals surface area contributed by atoms with Gasteiger partial charge >= 0.3 is 0 Å². The molecule has 1 amide bonds. The molecule has 0 fully saturated rings. The molecule has 1 aromatic heterocycles. The average molecular weight is 377 g/mol. The fourth-order valence-electron chi connectivity index (χ4n) is 3.75. The van der Waals surface area contributed by atoms with Gasteiger partial charge in [0.1, 0.15) is 0 Å². The van der Waals surface area contributed by atoms with E-state index in [0.717, 1.165) is 35.6 Å². The van der Waals surface area contributed by atoms with E-state index in [1.807, 2.05) is 17.0 Å². The zero-order chi connectivity index (χ0) is 19.0. The number of nitrogens with zero attached hydrogens (tertiary/aromatic N) is 2. The first-order chi connectivity index (χ1) is 13.0.